The van der Waals surface area contributed by atoms with Crippen molar-refractivity contribution in [1.29, 1.82) is 0 Å². The second-order valence-corrected chi connectivity index (χ2v) is 14.5. The Labute approximate surface area is 137 Å². The Bertz CT molecular complexity index is 236. The fraction of sp³-hybridized carbons (Fsp3) is 0.455. The summed E-state index contributed by atoms with van der Waals surface area (Å²) in [6, 6.07) is 0. The highest BCUT2D eigenvalue weighted by atomic mass is 33.9. The van der Waals surface area contributed by atoms with Crippen LogP contribution in [0.2, 0.25) is 0 Å². The van der Waals surface area contributed by atoms with E-state index in [2.05, 4.69) is 35.8 Å². The van der Waals surface area contributed by atoms with Crippen LogP contribution in [0.15, 0.2) is 35.8 Å². The minimum atomic E-state index is 1.21. The van der Waals surface area contributed by atoms with Crippen molar-refractivity contribution in [3.05, 3.63) is 35.8 Å². The molecule has 0 unspecified atom stereocenters. The van der Waals surface area contributed by atoms with Crippen LogP contribution in [0.4, 0.5) is 0 Å². The summed E-state index contributed by atoms with van der Waals surface area (Å²) in [6.45, 7) is 0. The summed E-state index contributed by atoms with van der Waals surface area (Å²) in [4.78, 5) is 0. The lowest BCUT2D eigenvalue weighted by Crippen LogP contribution is -1.78. The quantitative estimate of drug-likeness (QED) is 0.392. The summed E-state index contributed by atoms with van der Waals surface area (Å²) in [7, 11) is 13.0. The molecule has 0 aromatic heterocycles. The largest absolute Gasteiger partial charge is 0.0845 e. The van der Waals surface area contributed by atoms with Crippen molar-refractivity contribution in [3.63, 3.8) is 0 Å². The zero-order valence-electron chi connectivity index (χ0n) is 9.86. The fourth-order valence-corrected chi connectivity index (χ4v) is 14.7. The number of rotatable bonds is 0. The molecule has 1 heterocycles. The summed E-state index contributed by atoms with van der Waals surface area (Å²) in [5.41, 5.74) is 0. The van der Waals surface area contributed by atoms with Crippen molar-refractivity contribution >= 4 is 70.7 Å². The van der Waals surface area contributed by atoms with Gasteiger partial charge >= 0.3 is 0 Å². The molecular weight excluding hydrogens is 357 g/mol. The molecule has 0 fully saturated rings. The molecule has 0 bridgehead atoms. The minimum absolute atomic E-state index is 1.21. The molecule has 102 valence electrons. The molecule has 0 N–H and O–H groups in total. The van der Waals surface area contributed by atoms with E-state index in [4.69, 9.17) is 0 Å². The molecule has 0 aromatic rings. The topological polar surface area (TPSA) is 0 Å². The first-order valence-electron chi connectivity index (χ1n) is 5.60. The fourth-order valence-electron chi connectivity index (χ4n) is 1.11. The Morgan fingerprint density at radius 2 is 1.50 bits per heavy atom. The van der Waals surface area contributed by atoms with Crippen LogP contribution in [0.1, 0.15) is 25.7 Å². The zero-order valence-corrected chi connectivity index (χ0v) is 15.6. The van der Waals surface area contributed by atoms with Gasteiger partial charge in [0.1, 0.15) is 0 Å². The minimum Gasteiger partial charge on any atom is -0.0845 e. The van der Waals surface area contributed by atoms with Crippen LogP contribution >= 0.6 is 70.7 Å². The average molecular weight is 373 g/mol. The highest BCUT2D eigenvalue weighted by Crippen LogP contribution is 2.55. The molecule has 18 heavy (non-hydrogen) atoms. The molecule has 1 rings (SSSR count). The van der Waals surface area contributed by atoms with E-state index >= 15 is 0 Å². The molecule has 0 amide bonds. The first kappa shape index (κ1) is 17.7. The lowest BCUT2D eigenvalue weighted by Gasteiger charge is -1.99. The second kappa shape index (κ2) is 15.1. The van der Waals surface area contributed by atoms with E-state index < -0.39 is 0 Å². The Hall–Kier alpha value is 1.67. The predicted molar refractivity (Wildman–Crippen MR) is 104 cm³/mol. The lowest BCUT2D eigenvalue weighted by molar-refractivity contribution is 0.735. The molecule has 1 aliphatic rings. The van der Waals surface area contributed by atoms with E-state index in [0.717, 1.165) is 0 Å². The van der Waals surface area contributed by atoms with Crippen LogP contribution in [0, 0.1) is 0 Å². The van der Waals surface area contributed by atoms with Crippen LogP contribution in [0.5, 0.6) is 0 Å². The third-order valence-electron chi connectivity index (χ3n) is 1.90. The first-order valence-corrected chi connectivity index (χ1v) is 14.6. The highest BCUT2D eigenvalue weighted by molar-refractivity contribution is 9.46. The smallest absolute Gasteiger partial charge is 0.00454 e. The molecule has 0 aliphatic carbocycles. The van der Waals surface area contributed by atoms with Crippen molar-refractivity contribution in [1.82, 2.24) is 0 Å². The Kier molecular flexibility index (Phi) is 14.8. The standard InChI is InChI=1S/C11H16S7/c1-2-4-6-8-10-12-14-16-18-17-15-13-11-9-7-5-3-1/h1-2,4,6,8,10H,3,5,7,9,11H2. The molecule has 0 nitrogen and oxygen atoms in total. The van der Waals surface area contributed by atoms with Crippen LogP contribution in [-0.4, -0.2) is 5.75 Å². The number of allylic oxidation sites excluding steroid dienone is 5. The zero-order chi connectivity index (χ0) is 12.7. The molecule has 0 spiro atoms. The summed E-state index contributed by atoms with van der Waals surface area (Å²) in [5, 5.41) is 2.12. The maximum Gasteiger partial charge on any atom is 0.00454 e. The van der Waals surface area contributed by atoms with Crippen LogP contribution < -0.4 is 0 Å². The summed E-state index contributed by atoms with van der Waals surface area (Å²) in [5.74, 6) is 1.27. The molecule has 0 saturated carbocycles. The van der Waals surface area contributed by atoms with Crippen molar-refractivity contribution in [2.45, 2.75) is 25.7 Å². The van der Waals surface area contributed by atoms with Gasteiger partial charge in [0.2, 0.25) is 0 Å². The Morgan fingerprint density at radius 3 is 2.50 bits per heavy atom. The van der Waals surface area contributed by atoms with E-state index in [-0.39, 0.29) is 0 Å². The third kappa shape index (κ3) is 12.7. The van der Waals surface area contributed by atoms with Crippen LogP contribution in [0.25, 0.3) is 0 Å². The summed E-state index contributed by atoms with van der Waals surface area (Å²) in [6.07, 6.45) is 15.9. The van der Waals surface area contributed by atoms with Gasteiger partial charge in [-0.2, -0.15) is 0 Å². The van der Waals surface area contributed by atoms with Gasteiger partial charge in [-0.15, -0.1) is 0 Å². The van der Waals surface area contributed by atoms with Crippen molar-refractivity contribution in [2.24, 2.45) is 0 Å². The van der Waals surface area contributed by atoms with Gasteiger partial charge in [-0.05, 0) is 73.8 Å². The van der Waals surface area contributed by atoms with Crippen molar-refractivity contribution in [3.8, 4) is 0 Å². The van der Waals surface area contributed by atoms with E-state index in [1.807, 2.05) is 59.9 Å². The number of hydrogen-bond acceptors (Lipinski definition) is 7. The van der Waals surface area contributed by atoms with Gasteiger partial charge in [0, 0.05) is 5.75 Å². The monoisotopic (exact) mass is 372 g/mol. The molecule has 7 heteroatoms. The van der Waals surface area contributed by atoms with Crippen molar-refractivity contribution in [2.75, 3.05) is 5.75 Å². The van der Waals surface area contributed by atoms with Gasteiger partial charge in [-0.25, -0.2) is 0 Å². The van der Waals surface area contributed by atoms with E-state index in [0.29, 0.717) is 0 Å². The molecule has 0 radical (unpaired) electrons. The second-order valence-electron chi connectivity index (χ2n) is 3.25. The van der Waals surface area contributed by atoms with Gasteiger partial charge in [-0.1, -0.05) is 58.4 Å². The maximum atomic E-state index is 2.26. The molecule has 0 aromatic carbocycles. The summed E-state index contributed by atoms with van der Waals surface area (Å²) < 4.78 is 0. The van der Waals surface area contributed by atoms with Crippen LogP contribution in [0.3, 0.4) is 0 Å². The van der Waals surface area contributed by atoms with E-state index in [9.17, 15) is 0 Å². The average Bonchev–Trinajstić information content (AvgIpc) is 2.39. The van der Waals surface area contributed by atoms with Gasteiger partial charge in [0.05, 0.1) is 0 Å². The predicted octanol–water partition coefficient (Wildman–Crippen LogP) is 7.81. The Morgan fingerprint density at radius 1 is 0.667 bits per heavy atom. The normalized spacial score (nSPS) is 21.3. The molecule has 0 saturated heterocycles. The Balaban J connectivity index is 2.20. The SMILES string of the molecule is C1=CC=CSSSSSSSCCCCCC=C1. The van der Waals surface area contributed by atoms with Gasteiger partial charge in [-0.3, -0.25) is 0 Å². The van der Waals surface area contributed by atoms with Crippen LogP contribution in [-0.2, 0) is 0 Å². The maximum absolute atomic E-state index is 2.26. The molecule has 0 atom stereocenters. The first-order chi connectivity index (χ1) is 9.00. The van der Waals surface area contributed by atoms with Gasteiger partial charge in [0.15, 0.2) is 0 Å². The lowest BCUT2D eigenvalue weighted by atomic mass is 10.2. The number of hydrogen-bond donors (Lipinski definition) is 0. The summed E-state index contributed by atoms with van der Waals surface area (Å²) >= 11 is 0. The molecular formula is C11H16S7. The van der Waals surface area contributed by atoms with Gasteiger partial charge in [0.25, 0.3) is 0 Å². The van der Waals surface area contributed by atoms with E-state index in [1.165, 1.54) is 31.4 Å². The molecule has 1 aliphatic heterocycles. The third-order valence-corrected chi connectivity index (χ3v) is 14.6. The van der Waals surface area contributed by atoms with Gasteiger partial charge < -0.3 is 0 Å². The highest BCUT2D eigenvalue weighted by Gasteiger charge is 1.95. The van der Waals surface area contributed by atoms with Crippen molar-refractivity contribution < 1.29 is 0 Å². The van der Waals surface area contributed by atoms with E-state index in [1.54, 1.807) is 10.8 Å².